The molecule has 1 aromatic rings. The van der Waals surface area contributed by atoms with Gasteiger partial charge >= 0.3 is 7.12 Å². The van der Waals surface area contributed by atoms with Crippen LogP contribution in [0, 0.1) is 0 Å². The third kappa shape index (κ3) is 3.30. The minimum absolute atomic E-state index is 0.0152. The molecule has 114 valence electrons. The summed E-state index contributed by atoms with van der Waals surface area (Å²) in [4.78, 5) is 11.9. The van der Waals surface area contributed by atoms with Crippen molar-refractivity contribution in [3.63, 3.8) is 0 Å². The van der Waals surface area contributed by atoms with E-state index in [0.29, 0.717) is 6.42 Å². The van der Waals surface area contributed by atoms with Crippen LogP contribution >= 0.6 is 0 Å². The molecule has 5 heteroatoms. The van der Waals surface area contributed by atoms with Crippen LogP contribution < -0.4 is 5.32 Å². The Balaban J connectivity index is 2.27. The molecule has 2 rings (SSSR count). The Morgan fingerprint density at radius 1 is 1.14 bits per heavy atom. The molecule has 1 unspecified atom stereocenters. The van der Waals surface area contributed by atoms with Crippen LogP contribution in [-0.2, 0) is 14.1 Å². The van der Waals surface area contributed by atoms with Crippen molar-refractivity contribution in [2.75, 3.05) is 7.05 Å². The summed E-state index contributed by atoms with van der Waals surface area (Å²) in [5, 5.41) is 2.68. The fourth-order valence-corrected chi connectivity index (χ4v) is 2.43. The Bertz CT molecular complexity index is 486. The third-order valence-corrected chi connectivity index (χ3v) is 4.51. The van der Waals surface area contributed by atoms with Gasteiger partial charge in [0.25, 0.3) is 0 Å². The van der Waals surface area contributed by atoms with Gasteiger partial charge in [-0.25, -0.2) is 0 Å². The lowest BCUT2D eigenvalue weighted by Crippen LogP contribution is -2.41. The van der Waals surface area contributed by atoms with Gasteiger partial charge in [0.1, 0.15) is 0 Å². The van der Waals surface area contributed by atoms with Crippen LogP contribution in [0.4, 0.5) is 0 Å². The molecule has 0 bridgehead atoms. The maximum absolute atomic E-state index is 11.9. The molecule has 1 atom stereocenters. The van der Waals surface area contributed by atoms with E-state index >= 15 is 0 Å². The van der Waals surface area contributed by atoms with E-state index in [4.69, 9.17) is 9.31 Å². The SMILES string of the molecule is CNC(=O)CC(B1OC(C)(C)C(C)(C)O1)c1ccccc1. The monoisotopic (exact) mass is 289 g/mol. The van der Waals surface area contributed by atoms with Gasteiger partial charge in [0, 0.05) is 19.3 Å². The number of benzene rings is 1. The van der Waals surface area contributed by atoms with Crippen LogP contribution in [0.1, 0.15) is 45.5 Å². The maximum Gasteiger partial charge on any atom is 0.466 e. The molecule has 1 aromatic carbocycles. The molecule has 0 aliphatic carbocycles. The van der Waals surface area contributed by atoms with Gasteiger partial charge in [-0.15, -0.1) is 0 Å². The topological polar surface area (TPSA) is 47.6 Å². The van der Waals surface area contributed by atoms with Gasteiger partial charge in [0.05, 0.1) is 11.2 Å². The van der Waals surface area contributed by atoms with Crippen molar-refractivity contribution in [3.05, 3.63) is 35.9 Å². The summed E-state index contributed by atoms with van der Waals surface area (Å²) in [5.74, 6) is -0.134. The predicted molar refractivity (Wildman–Crippen MR) is 83.9 cm³/mol. The van der Waals surface area contributed by atoms with E-state index < -0.39 is 18.3 Å². The standard InChI is InChI=1S/C16H24BNO3/c1-15(2)16(3,4)21-17(20-15)13(11-14(19)18-5)12-9-7-6-8-10-12/h6-10,13H,11H2,1-5H3,(H,18,19). The molecule has 0 saturated carbocycles. The van der Waals surface area contributed by atoms with Crippen LogP contribution in [0.15, 0.2) is 30.3 Å². The third-order valence-electron chi connectivity index (χ3n) is 4.51. The van der Waals surface area contributed by atoms with Crippen LogP contribution in [0.25, 0.3) is 0 Å². The van der Waals surface area contributed by atoms with E-state index in [0.717, 1.165) is 5.56 Å². The van der Waals surface area contributed by atoms with Crippen molar-refractivity contribution < 1.29 is 14.1 Å². The van der Waals surface area contributed by atoms with Gasteiger partial charge in [0.15, 0.2) is 0 Å². The first-order chi connectivity index (χ1) is 9.77. The van der Waals surface area contributed by atoms with Gasteiger partial charge in [-0.2, -0.15) is 0 Å². The summed E-state index contributed by atoms with van der Waals surface area (Å²) in [7, 11) is 1.23. The fraction of sp³-hybridized carbons (Fsp3) is 0.562. The number of carbonyl (C=O) groups is 1. The van der Waals surface area contributed by atoms with E-state index in [-0.39, 0.29) is 11.7 Å². The van der Waals surface area contributed by atoms with Crippen LogP contribution in [0.3, 0.4) is 0 Å². The number of carbonyl (C=O) groups excluding carboxylic acids is 1. The second-order valence-electron chi connectivity index (χ2n) is 6.52. The van der Waals surface area contributed by atoms with E-state index in [1.807, 2.05) is 58.0 Å². The number of nitrogens with one attached hydrogen (secondary N) is 1. The number of hydrogen-bond acceptors (Lipinski definition) is 3. The lowest BCUT2D eigenvalue weighted by atomic mass is 9.66. The number of amides is 1. The lowest BCUT2D eigenvalue weighted by Gasteiger charge is -2.32. The van der Waals surface area contributed by atoms with Gasteiger partial charge < -0.3 is 14.6 Å². The maximum atomic E-state index is 11.9. The number of rotatable bonds is 4. The average Bonchev–Trinajstić information content (AvgIpc) is 2.65. The molecule has 0 spiro atoms. The Labute approximate surface area is 127 Å². The summed E-state index contributed by atoms with van der Waals surface area (Å²) in [6, 6.07) is 9.93. The van der Waals surface area contributed by atoms with Crippen molar-refractivity contribution in [3.8, 4) is 0 Å². The quantitative estimate of drug-likeness (QED) is 0.866. The first-order valence-corrected chi connectivity index (χ1v) is 7.38. The zero-order valence-corrected chi connectivity index (χ0v) is 13.5. The largest absolute Gasteiger partial charge is 0.466 e. The Morgan fingerprint density at radius 3 is 2.14 bits per heavy atom. The summed E-state index contributed by atoms with van der Waals surface area (Å²) >= 11 is 0. The highest BCUT2D eigenvalue weighted by Gasteiger charge is 2.54. The lowest BCUT2D eigenvalue weighted by molar-refractivity contribution is -0.120. The van der Waals surface area contributed by atoms with E-state index in [9.17, 15) is 4.79 Å². The molecule has 21 heavy (non-hydrogen) atoms. The minimum Gasteiger partial charge on any atom is -0.403 e. The van der Waals surface area contributed by atoms with E-state index in [1.54, 1.807) is 7.05 Å². The molecule has 1 N–H and O–H groups in total. The van der Waals surface area contributed by atoms with Gasteiger partial charge in [-0.3, -0.25) is 4.79 Å². The molecule has 1 aliphatic rings. The van der Waals surface area contributed by atoms with Crippen LogP contribution in [0.5, 0.6) is 0 Å². The molecule has 1 amide bonds. The molecular weight excluding hydrogens is 265 g/mol. The Morgan fingerprint density at radius 2 is 1.67 bits per heavy atom. The first kappa shape index (κ1) is 16.1. The molecule has 0 aromatic heterocycles. The van der Waals surface area contributed by atoms with E-state index in [1.165, 1.54) is 0 Å². The average molecular weight is 289 g/mol. The summed E-state index contributed by atoms with van der Waals surface area (Å²) < 4.78 is 12.2. The predicted octanol–water partition coefficient (Wildman–Crippen LogP) is 2.54. The highest BCUT2D eigenvalue weighted by molar-refractivity contribution is 6.48. The second-order valence-corrected chi connectivity index (χ2v) is 6.52. The highest BCUT2D eigenvalue weighted by atomic mass is 16.7. The molecule has 0 radical (unpaired) electrons. The van der Waals surface area contributed by atoms with Crippen molar-refractivity contribution in [1.82, 2.24) is 5.32 Å². The Kier molecular flexibility index (Phi) is 4.44. The highest BCUT2D eigenvalue weighted by Crippen LogP contribution is 2.41. The minimum atomic E-state index is -0.422. The van der Waals surface area contributed by atoms with Crippen molar-refractivity contribution >= 4 is 13.0 Å². The second kappa shape index (κ2) is 5.81. The van der Waals surface area contributed by atoms with Crippen molar-refractivity contribution in [2.45, 2.75) is 51.1 Å². The Hall–Kier alpha value is -1.33. The number of hydrogen-bond donors (Lipinski definition) is 1. The van der Waals surface area contributed by atoms with Crippen molar-refractivity contribution in [2.24, 2.45) is 0 Å². The first-order valence-electron chi connectivity index (χ1n) is 7.38. The summed E-state index contributed by atoms with van der Waals surface area (Å²) in [5.41, 5.74) is 0.264. The molecule has 4 nitrogen and oxygen atoms in total. The summed E-state index contributed by atoms with van der Waals surface area (Å²) in [6.45, 7) is 8.09. The zero-order chi connectivity index (χ0) is 15.7. The molecule has 1 heterocycles. The van der Waals surface area contributed by atoms with Crippen LogP contribution in [-0.4, -0.2) is 31.3 Å². The van der Waals surface area contributed by atoms with Crippen LogP contribution in [0.2, 0.25) is 0 Å². The fourth-order valence-electron chi connectivity index (χ4n) is 2.43. The van der Waals surface area contributed by atoms with Gasteiger partial charge in [0.2, 0.25) is 5.91 Å². The van der Waals surface area contributed by atoms with Crippen molar-refractivity contribution in [1.29, 1.82) is 0 Å². The molecular formula is C16H24BNO3. The normalized spacial score (nSPS) is 21.1. The smallest absolute Gasteiger partial charge is 0.403 e. The molecule has 1 aliphatic heterocycles. The van der Waals surface area contributed by atoms with E-state index in [2.05, 4.69) is 5.32 Å². The zero-order valence-electron chi connectivity index (χ0n) is 13.5. The molecule has 1 saturated heterocycles. The van der Waals surface area contributed by atoms with Gasteiger partial charge in [-0.1, -0.05) is 30.3 Å². The summed E-state index contributed by atoms with van der Waals surface area (Å²) in [6.07, 6.45) is 0.345. The van der Waals surface area contributed by atoms with Gasteiger partial charge in [-0.05, 0) is 33.3 Å². The molecule has 1 fully saturated rings.